The summed E-state index contributed by atoms with van der Waals surface area (Å²) in [5.74, 6) is -0.549. The van der Waals surface area contributed by atoms with Gasteiger partial charge in [0.15, 0.2) is 0 Å². The number of hydrogen-bond acceptors (Lipinski definition) is 5. The topological polar surface area (TPSA) is 84.5 Å². The van der Waals surface area contributed by atoms with Gasteiger partial charge in [-0.2, -0.15) is 0 Å². The highest BCUT2D eigenvalue weighted by Crippen LogP contribution is 2.18. The van der Waals surface area contributed by atoms with E-state index in [0.717, 1.165) is 25.8 Å². The van der Waals surface area contributed by atoms with E-state index in [2.05, 4.69) is 14.8 Å². The molecule has 8 heteroatoms. The van der Waals surface area contributed by atoms with Gasteiger partial charge in [0.1, 0.15) is 0 Å². The summed E-state index contributed by atoms with van der Waals surface area (Å²) in [4.78, 5) is 11.7. The second kappa shape index (κ2) is 8.63. The van der Waals surface area contributed by atoms with Crippen LogP contribution in [0.5, 0.6) is 0 Å². The molecule has 1 saturated heterocycles. The van der Waals surface area contributed by atoms with Gasteiger partial charge < -0.3 is 10.1 Å². The van der Waals surface area contributed by atoms with Crippen molar-refractivity contribution in [1.29, 1.82) is 0 Å². The molecule has 1 aromatic carbocycles. The van der Waals surface area contributed by atoms with E-state index in [9.17, 15) is 13.2 Å². The molecular formula is C15H23ClN2O4S. The molecular weight excluding hydrogens is 340 g/mol. The minimum Gasteiger partial charge on any atom is -0.465 e. The molecule has 130 valence electrons. The van der Waals surface area contributed by atoms with Crippen molar-refractivity contribution in [3.8, 4) is 0 Å². The Morgan fingerprint density at radius 2 is 2.17 bits per heavy atom. The molecule has 1 fully saturated rings. The lowest BCUT2D eigenvalue weighted by Crippen LogP contribution is -2.31. The van der Waals surface area contributed by atoms with Crippen LogP contribution >= 0.6 is 12.4 Å². The van der Waals surface area contributed by atoms with Crippen LogP contribution in [0, 0.1) is 6.92 Å². The lowest BCUT2D eigenvalue weighted by Gasteiger charge is -2.13. The maximum absolute atomic E-state index is 12.4. The van der Waals surface area contributed by atoms with E-state index in [1.807, 2.05) is 0 Å². The summed E-state index contributed by atoms with van der Waals surface area (Å²) >= 11 is 0. The summed E-state index contributed by atoms with van der Waals surface area (Å²) in [6.07, 6.45) is 2.98. The Morgan fingerprint density at radius 3 is 2.78 bits per heavy atom. The summed E-state index contributed by atoms with van der Waals surface area (Å²) in [5.41, 5.74) is 0.824. The number of benzene rings is 1. The van der Waals surface area contributed by atoms with Gasteiger partial charge in [-0.25, -0.2) is 17.9 Å². The second-order valence-electron chi connectivity index (χ2n) is 5.45. The van der Waals surface area contributed by atoms with Crippen molar-refractivity contribution in [3.05, 3.63) is 29.3 Å². The Morgan fingerprint density at radius 1 is 1.43 bits per heavy atom. The van der Waals surface area contributed by atoms with Gasteiger partial charge in [0, 0.05) is 12.6 Å². The molecule has 0 radical (unpaired) electrons. The third-order valence-electron chi connectivity index (χ3n) is 3.85. The van der Waals surface area contributed by atoms with Crippen LogP contribution in [0.3, 0.4) is 0 Å². The monoisotopic (exact) mass is 362 g/mol. The van der Waals surface area contributed by atoms with Gasteiger partial charge in [-0.05, 0) is 50.4 Å². The lowest BCUT2D eigenvalue weighted by atomic mass is 10.1. The molecule has 1 aliphatic rings. The van der Waals surface area contributed by atoms with Crippen LogP contribution in [0.15, 0.2) is 23.1 Å². The largest absolute Gasteiger partial charge is 0.465 e. The number of methoxy groups -OCH3 is 1. The van der Waals surface area contributed by atoms with E-state index in [-0.39, 0.29) is 22.9 Å². The van der Waals surface area contributed by atoms with Gasteiger partial charge in [0.25, 0.3) is 0 Å². The molecule has 1 atom stereocenters. The van der Waals surface area contributed by atoms with Gasteiger partial charge in [-0.1, -0.05) is 6.07 Å². The lowest BCUT2D eigenvalue weighted by molar-refractivity contribution is 0.0600. The fourth-order valence-electron chi connectivity index (χ4n) is 2.58. The zero-order chi connectivity index (χ0) is 16.2. The first kappa shape index (κ1) is 19.9. The Balaban J connectivity index is 0.00000264. The molecule has 2 rings (SSSR count). The van der Waals surface area contributed by atoms with Crippen molar-refractivity contribution in [2.24, 2.45) is 0 Å². The fraction of sp³-hybridized carbons (Fsp3) is 0.533. The van der Waals surface area contributed by atoms with Gasteiger partial charge in [0.05, 0.1) is 17.6 Å². The molecule has 0 unspecified atom stereocenters. The van der Waals surface area contributed by atoms with Crippen molar-refractivity contribution in [1.82, 2.24) is 10.0 Å². The van der Waals surface area contributed by atoms with Crippen LogP contribution in [-0.2, 0) is 14.8 Å². The number of halogens is 1. The van der Waals surface area contributed by atoms with Crippen LogP contribution in [0.2, 0.25) is 0 Å². The molecule has 0 aliphatic carbocycles. The Hall–Kier alpha value is -1.15. The molecule has 1 heterocycles. The minimum absolute atomic E-state index is 0. The third kappa shape index (κ3) is 5.17. The molecule has 0 amide bonds. The van der Waals surface area contributed by atoms with Crippen LogP contribution in [0.1, 0.15) is 35.2 Å². The predicted molar refractivity (Wildman–Crippen MR) is 90.6 cm³/mol. The first-order valence-electron chi connectivity index (χ1n) is 7.36. The average molecular weight is 363 g/mol. The molecule has 1 aromatic rings. The summed E-state index contributed by atoms with van der Waals surface area (Å²) < 4.78 is 32.0. The molecule has 1 aliphatic heterocycles. The zero-order valence-electron chi connectivity index (χ0n) is 13.3. The van der Waals surface area contributed by atoms with Crippen LogP contribution < -0.4 is 10.0 Å². The van der Waals surface area contributed by atoms with Gasteiger partial charge in [0.2, 0.25) is 10.0 Å². The van der Waals surface area contributed by atoms with E-state index in [1.54, 1.807) is 19.1 Å². The Bertz CT molecular complexity index is 643. The number of ether oxygens (including phenoxy) is 1. The fourth-order valence-corrected chi connectivity index (χ4v) is 3.90. The first-order chi connectivity index (χ1) is 10.4. The van der Waals surface area contributed by atoms with E-state index in [0.29, 0.717) is 18.2 Å². The highest BCUT2D eigenvalue weighted by atomic mass is 35.5. The van der Waals surface area contributed by atoms with Crippen molar-refractivity contribution >= 4 is 28.4 Å². The van der Waals surface area contributed by atoms with Crippen molar-refractivity contribution < 1.29 is 17.9 Å². The molecule has 2 N–H and O–H groups in total. The standard InChI is InChI=1S/C15H22N2O4S.ClH/c1-11-5-6-12(15(18)21-2)10-14(11)22(19,20)17-9-7-13-4-3-8-16-13;/h5-6,10,13,16-17H,3-4,7-9H2,1-2H3;1H/t13-;/m1./s1. The normalized spacial score (nSPS) is 17.6. The van der Waals surface area contributed by atoms with Crippen molar-refractivity contribution in [2.75, 3.05) is 20.2 Å². The first-order valence-corrected chi connectivity index (χ1v) is 8.84. The highest BCUT2D eigenvalue weighted by Gasteiger charge is 2.20. The summed E-state index contributed by atoms with van der Waals surface area (Å²) in [6, 6.07) is 4.91. The SMILES string of the molecule is COC(=O)c1ccc(C)c(S(=O)(=O)NCC[C@H]2CCCN2)c1.Cl. The van der Waals surface area contributed by atoms with Gasteiger partial charge in [-0.3, -0.25) is 0 Å². The van der Waals surface area contributed by atoms with Crippen LogP contribution in [0.25, 0.3) is 0 Å². The predicted octanol–water partition coefficient (Wildman–Crippen LogP) is 1.62. The molecule has 6 nitrogen and oxygen atoms in total. The number of hydrogen-bond donors (Lipinski definition) is 2. The minimum atomic E-state index is -3.63. The van der Waals surface area contributed by atoms with Crippen LogP contribution in [-0.4, -0.2) is 40.6 Å². The number of esters is 1. The van der Waals surface area contributed by atoms with Crippen molar-refractivity contribution in [2.45, 2.75) is 37.1 Å². The van der Waals surface area contributed by atoms with Crippen molar-refractivity contribution in [3.63, 3.8) is 0 Å². The number of carbonyl (C=O) groups excluding carboxylic acids is 1. The number of nitrogens with one attached hydrogen (secondary N) is 2. The highest BCUT2D eigenvalue weighted by molar-refractivity contribution is 7.89. The summed E-state index contributed by atoms with van der Waals surface area (Å²) in [5, 5.41) is 3.33. The van der Waals surface area contributed by atoms with E-state index in [1.165, 1.54) is 13.2 Å². The zero-order valence-corrected chi connectivity index (χ0v) is 14.9. The van der Waals surface area contributed by atoms with Crippen LogP contribution in [0.4, 0.5) is 0 Å². The summed E-state index contributed by atoms with van der Waals surface area (Å²) in [7, 11) is -2.37. The smallest absolute Gasteiger partial charge is 0.337 e. The van der Waals surface area contributed by atoms with E-state index >= 15 is 0 Å². The number of rotatable bonds is 6. The molecule has 0 aromatic heterocycles. The third-order valence-corrected chi connectivity index (χ3v) is 5.45. The maximum atomic E-state index is 12.4. The van der Waals surface area contributed by atoms with Gasteiger partial charge in [-0.15, -0.1) is 12.4 Å². The number of carbonyl (C=O) groups is 1. The second-order valence-corrected chi connectivity index (χ2v) is 7.19. The molecule has 0 saturated carbocycles. The molecule has 0 spiro atoms. The molecule has 23 heavy (non-hydrogen) atoms. The number of aryl methyl sites for hydroxylation is 1. The Kier molecular flexibility index (Phi) is 7.47. The summed E-state index contributed by atoms with van der Waals surface area (Å²) in [6.45, 7) is 3.08. The average Bonchev–Trinajstić information content (AvgIpc) is 3.00. The maximum Gasteiger partial charge on any atom is 0.337 e. The van der Waals surface area contributed by atoms with Gasteiger partial charge >= 0.3 is 5.97 Å². The molecule has 0 bridgehead atoms. The van der Waals surface area contributed by atoms with E-state index in [4.69, 9.17) is 0 Å². The Labute approximate surface area is 143 Å². The quantitative estimate of drug-likeness (QED) is 0.751. The number of sulfonamides is 1. The van der Waals surface area contributed by atoms with E-state index < -0.39 is 16.0 Å².